The van der Waals surface area contributed by atoms with Crippen molar-refractivity contribution in [2.75, 3.05) is 0 Å². The van der Waals surface area contributed by atoms with E-state index in [0.717, 1.165) is 9.26 Å². The summed E-state index contributed by atoms with van der Waals surface area (Å²) in [5.41, 5.74) is 0.791. The van der Waals surface area contributed by atoms with Gasteiger partial charge in [0.25, 0.3) is 5.82 Å². The molecule has 1 heterocycles. The van der Waals surface area contributed by atoms with Crippen molar-refractivity contribution in [3.8, 4) is 11.8 Å². The Morgan fingerprint density at radius 2 is 2.00 bits per heavy atom. The third-order valence-electron chi connectivity index (χ3n) is 1.57. The monoisotopic (exact) mass is 297 g/mol. The molecule has 0 aliphatic rings. The van der Waals surface area contributed by atoms with Gasteiger partial charge >= 0.3 is 0 Å². The standard InChI is InChI=1S/C8H4IN5/c9-6-1-3-7(4-2-6)14-12-8(5-10)11-13-14/h1-4H. The van der Waals surface area contributed by atoms with E-state index in [9.17, 15) is 0 Å². The summed E-state index contributed by atoms with van der Waals surface area (Å²) in [5, 5.41) is 19.7. The first-order chi connectivity index (χ1) is 6.79. The Kier molecular flexibility index (Phi) is 2.41. The van der Waals surface area contributed by atoms with Crippen molar-refractivity contribution in [3.63, 3.8) is 0 Å². The molecule has 0 saturated heterocycles. The Balaban J connectivity index is 2.40. The van der Waals surface area contributed by atoms with Gasteiger partial charge in [0.1, 0.15) is 6.07 Å². The number of halogens is 1. The van der Waals surface area contributed by atoms with E-state index >= 15 is 0 Å². The van der Waals surface area contributed by atoms with Gasteiger partial charge in [-0.3, -0.25) is 0 Å². The van der Waals surface area contributed by atoms with E-state index in [1.165, 1.54) is 4.80 Å². The summed E-state index contributed by atoms with van der Waals surface area (Å²) < 4.78 is 1.13. The van der Waals surface area contributed by atoms with Crippen molar-refractivity contribution in [1.82, 2.24) is 20.2 Å². The smallest absolute Gasteiger partial charge is 0.189 e. The minimum atomic E-state index is 0.0727. The van der Waals surface area contributed by atoms with Gasteiger partial charge in [0.05, 0.1) is 5.69 Å². The molecule has 0 bridgehead atoms. The molecule has 0 N–H and O–H groups in total. The van der Waals surface area contributed by atoms with Crippen LogP contribution in [0.25, 0.3) is 5.69 Å². The highest BCUT2D eigenvalue weighted by atomic mass is 127. The number of aromatic nitrogens is 4. The molecule has 0 saturated carbocycles. The SMILES string of the molecule is N#Cc1nnn(-c2ccc(I)cc2)n1. The summed E-state index contributed by atoms with van der Waals surface area (Å²) >= 11 is 2.21. The molecular formula is C8H4IN5. The molecule has 6 heteroatoms. The molecule has 1 aromatic heterocycles. The predicted octanol–water partition coefficient (Wildman–Crippen LogP) is 1.14. The predicted molar refractivity (Wildman–Crippen MR) is 56.6 cm³/mol. The summed E-state index contributed by atoms with van der Waals surface area (Å²) in [6.07, 6.45) is 0. The second kappa shape index (κ2) is 3.71. The van der Waals surface area contributed by atoms with Crippen LogP contribution < -0.4 is 0 Å². The van der Waals surface area contributed by atoms with Gasteiger partial charge in [0.2, 0.25) is 0 Å². The highest BCUT2D eigenvalue weighted by molar-refractivity contribution is 14.1. The number of benzene rings is 1. The molecule has 0 aliphatic heterocycles. The highest BCUT2D eigenvalue weighted by Gasteiger charge is 2.02. The van der Waals surface area contributed by atoms with Crippen LogP contribution >= 0.6 is 22.6 Å². The number of rotatable bonds is 1. The maximum absolute atomic E-state index is 8.51. The van der Waals surface area contributed by atoms with E-state index in [0.29, 0.717) is 0 Å². The molecule has 0 radical (unpaired) electrons. The number of nitriles is 1. The topological polar surface area (TPSA) is 67.4 Å². The lowest BCUT2D eigenvalue weighted by Crippen LogP contribution is -1.98. The second-order valence-electron chi connectivity index (χ2n) is 2.49. The molecule has 2 rings (SSSR count). The van der Waals surface area contributed by atoms with Crippen LogP contribution in [0.5, 0.6) is 0 Å². The molecule has 0 unspecified atom stereocenters. The fourth-order valence-electron chi connectivity index (χ4n) is 0.943. The lowest BCUT2D eigenvalue weighted by molar-refractivity contribution is 0.719. The van der Waals surface area contributed by atoms with Crippen LogP contribution in [-0.4, -0.2) is 20.2 Å². The lowest BCUT2D eigenvalue weighted by Gasteiger charge is -1.96. The fourth-order valence-corrected chi connectivity index (χ4v) is 1.30. The Bertz CT molecular complexity index is 481. The normalized spacial score (nSPS) is 9.71. The molecule has 1 aromatic carbocycles. The Labute approximate surface area is 93.5 Å². The summed E-state index contributed by atoms with van der Waals surface area (Å²) in [4.78, 5) is 1.33. The van der Waals surface area contributed by atoms with Crippen LogP contribution in [0, 0.1) is 14.9 Å². The quantitative estimate of drug-likeness (QED) is 0.740. The first-order valence-corrected chi connectivity index (χ1v) is 4.83. The summed E-state index contributed by atoms with van der Waals surface area (Å²) in [6, 6.07) is 9.42. The maximum atomic E-state index is 8.51. The van der Waals surface area contributed by atoms with Gasteiger partial charge in [0, 0.05) is 3.57 Å². The van der Waals surface area contributed by atoms with Gasteiger partial charge in [-0.25, -0.2) is 0 Å². The van der Waals surface area contributed by atoms with E-state index in [4.69, 9.17) is 5.26 Å². The molecule has 0 fully saturated rings. The van der Waals surface area contributed by atoms with E-state index in [-0.39, 0.29) is 5.82 Å². The van der Waals surface area contributed by atoms with Crippen LogP contribution in [0.4, 0.5) is 0 Å². The maximum Gasteiger partial charge on any atom is 0.274 e. The molecule has 5 nitrogen and oxygen atoms in total. The summed E-state index contributed by atoms with van der Waals surface area (Å²) in [7, 11) is 0. The average molecular weight is 297 g/mol. The van der Waals surface area contributed by atoms with Crippen molar-refractivity contribution in [2.45, 2.75) is 0 Å². The first-order valence-electron chi connectivity index (χ1n) is 3.75. The van der Waals surface area contributed by atoms with Crippen molar-refractivity contribution in [2.24, 2.45) is 0 Å². The Hall–Kier alpha value is -1.49. The summed E-state index contributed by atoms with van der Waals surface area (Å²) in [6.45, 7) is 0. The number of tetrazole rings is 1. The van der Waals surface area contributed by atoms with E-state index < -0.39 is 0 Å². The highest BCUT2D eigenvalue weighted by Crippen LogP contribution is 2.08. The molecule has 0 spiro atoms. The van der Waals surface area contributed by atoms with Crippen molar-refractivity contribution >= 4 is 22.6 Å². The Morgan fingerprint density at radius 3 is 2.57 bits per heavy atom. The largest absolute Gasteiger partial charge is 0.274 e. The molecule has 14 heavy (non-hydrogen) atoms. The second-order valence-corrected chi connectivity index (χ2v) is 3.74. The molecule has 0 aliphatic carbocycles. The first kappa shape index (κ1) is 9.08. The molecule has 0 atom stereocenters. The van der Waals surface area contributed by atoms with Crippen LogP contribution in [0.15, 0.2) is 24.3 Å². The van der Waals surface area contributed by atoms with E-state index in [2.05, 4.69) is 38.0 Å². The summed E-state index contributed by atoms with van der Waals surface area (Å²) in [5.74, 6) is 0.0727. The lowest BCUT2D eigenvalue weighted by atomic mass is 10.3. The van der Waals surface area contributed by atoms with Gasteiger partial charge in [-0.1, -0.05) is 5.10 Å². The molecule has 2 aromatic rings. The third kappa shape index (κ3) is 1.72. The molecule has 68 valence electrons. The van der Waals surface area contributed by atoms with Gasteiger partial charge < -0.3 is 0 Å². The molecular weight excluding hydrogens is 293 g/mol. The van der Waals surface area contributed by atoms with Crippen molar-refractivity contribution in [1.29, 1.82) is 5.26 Å². The van der Waals surface area contributed by atoms with Crippen molar-refractivity contribution < 1.29 is 0 Å². The van der Waals surface area contributed by atoms with Gasteiger partial charge in [-0.15, -0.1) is 9.90 Å². The van der Waals surface area contributed by atoms with Gasteiger partial charge in [-0.2, -0.15) is 5.26 Å². The van der Waals surface area contributed by atoms with E-state index in [1.807, 2.05) is 30.3 Å². The van der Waals surface area contributed by atoms with Crippen LogP contribution in [0.2, 0.25) is 0 Å². The van der Waals surface area contributed by atoms with Crippen LogP contribution in [0.3, 0.4) is 0 Å². The van der Waals surface area contributed by atoms with Crippen molar-refractivity contribution in [3.05, 3.63) is 33.7 Å². The van der Waals surface area contributed by atoms with Crippen LogP contribution in [0.1, 0.15) is 5.82 Å². The minimum Gasteiger partial charge on any atom is -0.189 e. The van der Waals surface area contributed by atoms with Crippen LogP contribution in [-0.2, 0) is 0 Å². The Morgan fingerprint density at radius 1 is 1.29 bits per heavy atom. The zero-order valence-corrected chi connectivity index (χ0v) is 9.08. The fraction of sp³-hybridized carbons (Fsp3) is 0. The molecule has 0 amide bonds. The third-order valence-corrected chi connectivity index (χ3v) is 2.29. The zero-order valence-electron chi connectivity index (χ0n) is 6.92. The van der Waals surface area contributed by atoms with Gasteiger partial charge in [-0.05, 0) is 52.1 Å². The number of hydrogen-bond donors (Lipinski definition) is 0. The number of nitrogens with zero attached hydrogens (tertiary/aromatic N) is 5. The zero-order chi connectivity index (χ0) is 9.97. The average Bonchev–Trinajstić information content (AvgIpc) is 2.67. The van der Waals surface area contributed by atoms with Gasteiger partial charge in [0.15, 0.2) is 0 Å². The van der Waals surface area contributed by atoms with E-state index in [1.54, 1.807) is 0 Å². The number of hydrogen-bond acceptors (Lipinski definition) is 4. The minimum absolute atomic E-state index is 0.0727.